The minimum absolute atomic E-state index is 0.245. The number of allylic oxidation sites excluding steroid dienone is 1. The summed E-state index contributed by atoms with van der Waals surface area (Å²) in [6, 6.07) is 15.9. The summed E-state index contributed by atoms with van der Waals surface area (Å²) in [5.41, 5.74) is 2.10. The zero-order chi connectivity index (χ0) is 26.1. The van der Waals surface area contributed by atoms with E-state index in [4.69, 9.17) is 21.1 Å². The summed E-state index contributed by atoms with van der Waals surface area (Å²) in [5, 5.41) is 5.25. The molecule has 10 heteroatoms. The van der Waals surface area contributed by atoms with Crippen molar-refractivity contribution < 1.29 is 14.3 Å². The molecule has 0 radical (unpaired) electrons. The minimum Gasteiger partial charge on any atom is -0.493 e. The third-order valence-corrected chi connectivity index (χ3v) is 8.05. The number of para-hydroxylation sites is 1. The molecule has 5 rings (SSSR count). The molecule has 0 unspecified atom stereocenters. The molecule has 3 heterocycles. The lowest BCUT2D eigenvalue weighted by Gasteiger charge is -2.24. The van der Waals surface area contributed by atoms with E-state index in [0.717, 1.165) is 4.88 Å². The van der Waals surface area contributed by atoms with Crippen molar-refractivity contribution >= 4 is 51.9 Å². The molecule has 0 saturated carbocycles. The van der Waals surface area contributed by atoms with Crippen LogP contribution in [0.15, 0.2) is 81.0 Å². The van der Waals surface area contributed by atoms with Crippen LogP contribution < -0.4 is 29.7 Å². The lowest BCUT2D eigenvalue weighted by Crippen LogP contribution is -2.40. The Balaban J connectivity index is 1.64. The molecular formula is C27H22ClN3O4S2. The van der Waals surface area contributed by atoms with Gasteiger partial charge in [-0.2, -0.15) is 0 Å². The lowest BCUT2D eigenvalue weighted by atomic mass is 10.0. The van der Waals surface area contributed by atoms with Crippen LogP contribution >= 0.6 is 34.3 Å². The summed E-state index contributed by atoms with van der Waals surface area (Å²) in [6.45, 7) is 1.80. The van der Waals surface area contributed by atoms with E-state index in [-0.39, 0.29) is 11.5 Å². The van der Waals surface area contributed by atoms with E-state index in [0.29, 0.717) is 48.4 Å². The number of amides is 1. The molecule has 0 fully saturated rings. The standard InChI is InChI=1S/C27H22ClN3O4S2/c1-15-22(25(32)30-17-8-5-4-6-9-17)23(20-10-7-11-36-20)31-26(33)21(37-27(31)29-15)14-16-12-18(28)24(35-3)19(13-16)34-2/h4-14,23H,1-3H3,(H,30,32)/b21-14-/t23-/m0/s1. The Kier molecular flexibility index (Phi) is 7.01. The Labute approximate surface area is 225 Å². The van der Waals surface area contributed by atoms with Gasteiger partial charge >= 0.3 is 0 Å². The van der Waals surface area contributed by atoms with Crippen molar-refractivity contribution in [2.75, 3.05) is 19.5 Å². The van der Waals surface area contributed by atoms with Gasteiger partial charge in [0.25, 0.3) is 11.5 Å². The number of fused-ring (bicyclic) bond motifs is 1. The maximum absolute atomic E-state index is 13.8. The fraction of sp³-hybridized carbons (Fsp3) is 0.148. The number of nitrogens with one attached hydrogen (secondary N) is 1. The first kappa shape index (κ1) is 25.0. The monoisotopic (exact) mass is 551 g/mol. The van der Waals surface area contributed by atoms with Crippen molar-refractivity contribution in [3.8, 4) is 11.5 Å². The number of rotatable bonds is 6. The first-order valence-corrected chi connectivity index (χ1v) is 13.3. The fourth-order valence-corrected chi connectivity index (χ4v) is 6.39. The summed E-state index contributed by atoms with van der Waals surface area (Å²) in [6.07, 6.45) is 1.74. The van der Waals surface area contributed by atoms with Crippen LogP contribution in [0.5, 0.6) is 11.5 Å². The highest BCUT2D eigenvalue weighted by Crippen LogP contribution is 2.36. The maximum Gasteiger partial charge on any atom is 0.271 e. The van der Waals surface area contributed by atoms with Gasteiger partial charge in [-0.3, -0.25) is 14.2 Å². The van der Waals surface area contributed by atoms with E-state index in [1.54, 1.807) is 29.7 Å². The van der Waals surface area contributed by atoms with Crippen molar-refractivity contribution in [3.63, 3.8) is 0 Å². The highest BCUT2D eigenvalue weighted by Gasteiger charge is 2.33. The lowest BCUT2D eigenvalue weighted by molar-refractivity contribution is -0.113. The molecule has 2 aromatic carbocycles. The molecule has 0 aliphatic carbocycles. The van der Waals surface area contributed by atoms with Crippen LogP contribution in [0.2, 0.25) is 5.02 Å². The topological polar surface area (TPSA) is 81.9 Å². The van der Waals surface area contributed by atoms with Crippen LogP contribution in [0.1, 0.15) is 23.4 Å². The van der Waals surface area contributed by atoms with Crippen LogP contribution in [0.4, 0.5) is 5.69 Å². The predicted octanol–water partition coefficient (Wildman–Crippen LogP) is 4.61. The van der Waals surface area contributed by atoms with Gasteiger partial charge in [-0.1, -0.05) is 47.2 Å². The Hall–Kier alpha value is -3.66. The second kappa shape index (κ2) is 10.4. The Morgan fingerprint density at radius 3 is 2.59 bits per heavy atom. The number of aromatic nitrogens is 1. The summed E-state index contributed by atoms with van der Waals surface area (Å²) < 4.78 is 12.8. The van der Waals surface area contributed by atoms with E-state index in [1.807, 2.05) is 47.8 Å². The van der Waals surface area contributed by atoms with Gasteiger partial charge in [0.15, 0.2) is 16.3 Å². The molecule has 188 valence electrons. The second-order valence-corrected chi connectivity index (χ2v) is 10.6. The first-order chi connectivity index (χ1) is 17.9. The van der Waals surface area contributed by atoms with Gasteiger partial charge in [-0.15, -0.1) is 11.3 Å². The smallest absolute Gasteiger partial charge is 0.271 e. The van der Waals surface area contributed by atoms with Crippen LogP contribution in [0.25, 0.3) is 6.08 Å². The third-order valence-electron chi connectivity index (χ3n) is 5.86. The molecule has 1 aliphatic rings. The molecule has 2 aromatic heterocycles. The van der Waals surface area contributed by atoms with Crippen molar-refractivity contribution in [1.82, 2.24) is 4.57 Å². The molecule has 1 N–H and O–H groups in total. The molecule has 1 amide bonds. The number of thiophene rings is 1. The quantitative estimate of drug-likeness (QED) is 0.379. The zero-order valence-electron chi connectivity index (χ0n) is 20.2. The number of carbonyl (C=O) groups excluding carboxylic acids is 1. The number of hydrogen-bond acceptors (Lipinski definition) is 7. The highest BCUT2D eigenvalue weighted by atomic mass is 35.5. The van der Waals surface area contributed by atoms with Gasteiger partial charge in [0.05, 0.1) is 35.0 Å². The highest BCUT2D eigenvalue weighted by molar-refractivity contribution is 7.10. The van der Waals surface area contributed by atoms with E-state index in [9.17, 15) is 9.59 Å². The third kappa shape index (κ3) is 4.73. The maximum atomic E-state index is 13.8. The molecule has 1 aliphatic heterocycles. The minimum atomic E-state index is -0.601. The summed E-state index contributed by atoms with van der Waals surface area (Å²) >= 11 is 9.12. The molecule has 7 nitrogen and oxygen atoms in total. The number of halogens is 1. The van der Waals surface area contributed by atoms with Crippen molar-refractivity contribution in [3.05, 3.63) is 106 Å². The number of hydrogen-bond donors (Lipinski definition) is 1. The number of anilines is 1. The van der Waals surface area contributed by atoms with Gasteiger partial charge in [-0.05, 0) is 54.3 Å². The van der Waals surface area contributed by atoms with Crippen molar-refractivity contribution in [1.29, 1.82) is 0 Å². The van der Waals surface area contributed by atoms with Crippen LogP contribution in [0, 0.1) is 0 Å². The number of nitrogens with zero attached hydrogens (tertiary/aromatic N) is 2. The van der Waals surface area contributed by atoms with Gasteiger partial charge in [0, 0.05) is 10.6 Å². The molecule has 37 heavy (non-hydrogen) atoms. The summed E-state index contributed by atoms with van der Waals surface area (Å²) in [5.74, 6) is 0.582. The van der Waals surface area contributed by atoms with E-state index < -0.39 is 6.04 Å². The average molecular weight is 552 g/mol. The Morgan fingerprint density at radius 2 is 1.92 bits per heavy atom. The zero-order valence-corrected chi connectivity index (χ0v) is 22.5. The molecule has 0 saturated heterocycles. The number of carbonyl (C=O) groups is 1. The van der Waals surface area contributed by atoms with Crippen LogP contribution in [-0.2, 0) is 4.79 Å². The second-order valence-electron chi connectivity index (χ2n) is 8.16. The largest absolute Gasteiger partial charge is 0.493 e. The summed E-state index contributed by atoms with van der Waals surface area (Å²) in [7, 11) is 3.04. The average Bonchev–Trinajstić information content (AvgIpc) is 3.52. The Bertz CT molecular complexity index is 1690. The van der Waals surface area contributed by atoms with Crippen LogP contribution in [0.3, 0.4) is 0 Å². The van der Waals surface area contributed by atoms with Gasteiger partial charge < -0.3 is 14.8 Å². The Morgan fingerprint density at radius 1 is 1.14 bits per heavy atom. The van der Waals surface area contributed by atoms with Crippen molar-refractivity contribution in [2.45, 2.75) is 13.0 Å². The molecular weight excluding hydrogens is 530 g/mol. The van der Waals surface area contributed by atoms with E-state index in [1.165, 1.54) is 36.9 Å². The van der Waals surface area contributed by atoms with Gasteiger partial charge in [-0.25, -0.2) is 4.99 Å². The SMILES string of the molecule is COc1cc(/C=c2\sc3n(c2=O)[C@@H](c2cccs2)C(C(=O)Nc2ccccc2)=C(C)N=3)cc(Cl)c1OC. The number of benzene rings is 2. The normalized spacial score (nSPS) is 15.2. The molecule has 0 bridgehead atoms. The number of thiazole rings is 1. The number of methoxy groups -OCH3 is 2. The van der Waals surface area contributed by atoms with Crippen LogP contribution in [-0.4, -0.2) is 24.7 Å². The summed E-state index contributed by atoms with van der Waals surface area (Å²) in [4.78, 5) is 33.3. The van der Waals surface area contributed by atoms with Gasteiger partial charge in [0.2, 0.25) is 0 Å². The number of ether oxygens (including phenoxy) is 2. The van der Waals surface area contributed by atoms with Crippen molar-refractivity contribution in [2.24, 2.45) is 4.99 Å². The fourth-order valence-electron chi connectivity index (χ4n) is 4.22. The van der Waals surface area contributed by atoms with E-state index >= 15 is 0 Å². The molecule has 4 aromatic rings. The molecule has 1 atom stereocenters. The molecule has 0 spiro atoms. The predicted molar refractivity (Wildman–Crippen MR) is 148 cm³/mol. The van der Waals surface area contributed by atoms with E-state index in [2.05, 4.69) is 10.3 Å². The van der Waals surface area contributed by atoms with Gasteiger partial charge in [0.1, 0.15) is 6.04 Å². The first-order valence-electron chi connectivity index (χ1n) is 11.2.